The first-order valence-electron chi connectivity index (χ1n) is 9.09. The van der Waals surface area contributed by atoms with E-state index in [-0.39, 0.29) is 0 Å². The Bertz CT molecular complexity index is 774. The van der Waals surface area contributed by atoms with Gasteiger partial charge in [0.1, 0.15) is 6.10 Å². The fourth-order valence-electron chi connectivity index (χ4n) is 3.59. The van der Waals surface area contributed by atoms with Crippen LogP contribution in [0.25, 0.3) is 0 Å². The van der Waals surface area contributed by atoms with Gasteiger partial charge in [0.05, 0.1) is 11.4 Å². The van der Waals surface area contributed by atoms with Crippen molar-refractivity contribution in [1.82, 2.24) is 19.6 Å². The van der Waals surface area contributed by atoms with Crippen LogP contribution < -0.4 is 9.47 Å². The van der Waals surface area contributed by atoms with Crippen molar-refractivity contribution in [3.8, 4) is 11.5 Å². The number of aliphatic hydroxyl groups excluding tert-OH is 1. The number of rotatable bonds is 5. The van der Waals surface area contributed by atoms with Gasteiger partial charge in [-0.1, -0.05) is 6.07 Å². The lowest BCUT2D eigenvalue weighted by Crippen LogP contribution is -2.23. The van der Waals surface area contributed by atoms with Crippen LogP contribution >= 0.6 is 0 Å². The number of benzene rings is 1. The molecular weight excluding hydrogens is 332 g/mol. The molecule has 1 aromatic carbocycles. The van der Waals surface area contributed by atoms with Crippen LogP contribution in [0.4, 0.5) is 0 Å². The second-order valence-corrected chi connectivity index (χ2v) is 7.31. The summed E-state index contributed by atoms with van der Waals surface area (Å²) in [6, 6.07) is 8.19. The van der Waals surface area contributed by atoms with E-state index in [1.807, 2.05) is 35.8 Å². The first-order valence-corrected chi connectivity index (χ1v) is 9.09. The minimum atomic E-state index is -0.549. The highest BCUT2D eigenvalue weighted by atomic mass is 16.7. The second-order valence-electron chi connectivity index (χ2n) is 7.31. The minimum Gasteiger partial charge on any atom is -0.454 e. The Morgan fingerprint density at radius 2 is 2.04 bits per heavy atom. The molecule has 2 aromatic rings. The molecule has 0 aliphatic carbocycles. The van der Waals surface area contributed by atoms with Crippen LogP contribution in [-0.4, -0.2) is 58.7 Å². The van der Waals surface area contributed by atoms with Gasteiger partial charge >= 0.3 is 0 Å². The largest absolute Gasteiger partial charge is 0.454 e. The van der Waals surface area contributed by atoms with Gasteiger partial charge in [-0.3, -0.25) is 9.58 Å². The number of fused-ring (bicyclic) bond motifs is 2. The molecule has 0 bridgehead atoms. The van der Waals surface area contributed by atoms with E-state index in [2.05, 4.69) is 22.1 Å². The zero-order valence-electron chi connectivity index (χ0n) is 15.4. The highest BCUT2D eigenvalue weighted by molar-refractivity contribution is 5.44. The highest BCUT2D eigenvalue weighted by Gasteiger charge is 2.21. The van der Waals surface area contributed by atoms with Gasteiger partial charge in [-0.15, -0.1) is 0 Å². The molecule has 1 atom stereocenters. The lowest BCUT2D eigenvalue weighted by Gasteiger charge is -2.19. The van der Waals surface area contributed by atoms with E-state index in [1.54, 1.807) is 0 Å². The minimum absolute atomic E-state index is 0.305. The number of hydrogen-bond acceptors (Lipinski definition) is 6. The number of nitrogens with zero attached hydrogens (tertiary/aromatic N) is 4. The molecule has 7 nitrogen and oxygen atoms in total. The van der Waals surface area contributed by atoms with Crippen molar-refractivity contribution < 1.29 is 14.6 Å². The van der Waals surface area contributed by atoms with Crippen molar-refractivity contribution in [2.45, 2.75) is 32.2 Å². The third kappa shape index (κ3) is 3.70. The summed E-state index contributed by atoms with van der Waals surface area (Å²) in [7, 11) is 3.91. The summed E-state index contributed by atoms with van der Waals surface area (Å²) in [5, 5.41) is 15.0. The van der Waals surface area contributed by atoms with Crippen molar-refractivity contribution in [3.05, 3.63) is 41.2 Å². The van der Waals surface area contributed by atoms with Gasteiger partial charge < -0.3 is 19.5 Å². The van der Waals surface area contributed by atoms with E-state index in [9.17, 15) is 5.11 Å². The van der Waals surface area contributed by atoms with Gasteiger partial charge in [-0.05, 0) is 44.3 Å². The quantitative estimate of drug-likeness (QED) is 0.876. The van der Waals surface area contributed by atoms with Crippen LogP contribution in [0, 0.1) is 0 Å². The Hall–Kier alpha value is -2.09. The Morgan fingerprint density at radius 3 is 2.88 bits per heavy atom. The van der Waals surface area contributed by atoms with Crippen LogP contribution in [-0.2, 0) is 19.6 Å². The van der Waals surface area contributed by atoms with Gasteiger partial charge in [-0.2, -0.15) is 5.10 Å². The lowest BCUT2D eigenvalue weighted by atomic mass is 10.1. The lowest BCUT2D eigenvalue weighted by molar-refractivity contribution is 0.133. The van der Waals surface area contributed by atoms with Crippen molar-refractivity contribution in [1.29, 1.82) is 0 Å². The molecular formula is C19H26N4O3. The maximum absolute atomic E-state index is 10.3. The number of ether oxygens (including phenoxy) is 2. The van der Waals surface area contributed by atoms with Crippen molar-refractivity contribution >= 4 is 0 Å². The van der Waals surface area contributed by atoms with E-state index in [1.165, 1.54) is 5.56 Å². The zero-order chi connectivity index (χ0) is 18.1. The molecule has 0 saturated carbocycles. The van der Waals surface area contributed by atoms with Gasteiger partial charge in [-0.25, -0.2) is 0 Å². The summed E-state index contributed by atoms with van der Waals surface area (Å²) >= 11 is 0. The predicted molar refractivity (Wildman–Crippen MR) is 97.0 cm³/mol. The molecule has 26 heavy (non-hydrogen) atoms. The summed E-state index contributed by atoms with van der Waals surface area (Å²) in [4.78, 5) is 4.39. The second kappa shape index (κ2) is 7.26. The topological polar surface area (TPSA) is 63.0 Å². The molecule has 7 heteroatoms. The monoisotopic (exact) mass is 358 g/mol. The molecule has 0 fully saturated rings. The molecule has 0 amide bonds. The molecule has 3 heterocycles. The fourth-order valence-corrected chi connectivity index (χ4v) is 3.59. The molecule has 4 rings (SSSR count). The first-order chi connectivity index (χ1) is 12.6. The Labute approximate surface area is 153 Å². The molecule has 0 saturated heterocycles. The van der Waals surface area contributed by atoms with Gasteiger partial charge in [0.2, 0.25) is 6.79 Å². The van der Waals surface area contributed by atoms with Crippen LogP contribution in [0.15, 0.2) is 24.3 Å². The van der Waals surface area contributed by atoms with Gasteiger partial charge in [0.25, 0.3) is 0 Å². The van der Waals surface area contributed by atoms with Crippen molar-refractivity contribution in [2.75, 3.05) is 34.0 Å². The van der Waals surface area contributed by atoms with Crippen LogP contribution in [0.1, 0.15) is 29.5 Å². The maximum Gasteiger partial charge on any atom is 0.231 e. The van der Waals surface area contributed by atoms with Crippen LogP contribution in [0.2, 0.25) is 0 Å². The van der Waals surface area contributed by atoms with Gasteiger partial charge in [0.15, 0.2) is 11.5 Å². The van der Waals surface area contributed by atoms with Gasteiger partial charge in [0, 0.05) is 32.7 Å². The van der Waals surface area contributed by atoms with E-state index in [4.69, 9.17) is 9.47 Å². The molecule has 140 valence electrons. The molecule has 0 radical (unpaired) electrons. The Balaban J connectivity index is 1.46. The number of aromatic nitrogens is 2. The Kier molecular flexibility index (Phi) is 4.84. The highest BCUT2D eigenvalue weighted by Crippen LogP contribution is 2.33. The summed E-state index contributed by atoms with van der Waals surface area (Å²) in [5.74, 6) is 1.65. The number of aliphatic hydroxyl groups is 1. The molecule has 2 aliphatic rings. The normalized spacial score (nSPS) is 18.0. The third-order valence-corrected chi connectivity index (χ3v) is 4.83. The molecule has 2 aliphatic heterocycles. The fraction of sp³-hybridized carbons (Fsp3) is 0.526. The van der Waals surface area contributed by atoms with Crippen molar-refractivity contribution in [3.63, 3.8) is 0 Å². The maximum atomic E-state index is 10.3. The number of likely N-dealkylation sites (N-methyl/N-ethyl adjacent to an activating group) is 1. The van der Waals surface area contributed by atoms with Crippen LogP contribution in [0.3, 0.4) is 0 Å². The average molecular weight is 358 g/mol. The Morgan fingerprint density at radius 1 is 1.19 bits per heavy atom. The summed E-state index contributed by atoms with van der Waals surface area (Å²) < 4.78 is 12.9. The van der Waals surface area contributed by atoms with E-state index in [0.717, 1.165) is 55.5 Å². The van der Waals surface area contributed by atoms with E-state index < -0.39 is 6.10 Å². The molecule has 0 spiro atoms. The number of aryl methyl sites for hydroxylation is 1. The summed E-state index contributed by atoms with van der Waals surface area (Å²) in [5.41, 5.74) is 3.14. The van der Waals surface area contributed by atoms with Crippen LogP contribution in [0.5, 0.6) is 11.5 Å². The average Bonchev–Trinajstić information content (AvgIpc) is 3.17. The zero-order valence-corrected chi connectivity index (χ0v) is 15.4. The first kappa shape index (κ1) is 17.3. The smallest absolute Gasteiger partial charge is 0.231 e. The summed E-state index contributed by atoms with van der Waals surface area (Å²) in [6.45, 7) is 4.49. The molecule has 1 N–H and O–H groups in total. The summed E-state index contributed by atoms with van der Waals surface area (Å²) in [6.07, 6.45) is 0.495. The van der Waals surface area contributed by atoms with Crippen molar-refractivity contribution in [2.24, 2.45) is 0 Å². The number of hydrogen-bond donors (Lipinski definition) is 1. The molecule has 0 unspecified atom stereocenters. The standard InChI is InChI=1S/C19H26N4O3/c1-21(2)12-17(24)16-9-15-11-22(6-3-7-23(15)20-16)10-14-4-5-18-19(8-14)26-13-25-18/h4-5,8-9,17,24H,3,6-7,10-13H2,1-2H3/t17-/m1/s1. The van der Waals surface area contributed by atoms with E-state index in [0.29, 0.717) is 13.3 Å². The molecule has 1 aromatic heterocycles. The predicted octanol–water partition coefficient (Wildman–Crippen LogP) is 1.61. The van der Waals surface area contributed by atoms with E-state index >= 15 is 0 Å². The third-order valence-electron chi connectivity index (χ3n) is 4.83. The SMILES string of the molecule is CN(C)C[C@@H](O)c1cc2n(n1)CCCN(Cc1ccc3c(c1)OCO3)C2.